The summed E-state index contributed by atoms with van der Waals surface area (Å²) in [5, 5.41) is 3.50. The number of rotatable bonds is 6. The highest BCUT2D eigenvalue weighted by molar-refractivity contribution is 7.99. The summed E-state index contributed by atoms with van der Waals surface area (Å²) in [6, 6.07) is 20.1. The lowest BCUT2D eigenvalue weighted by Crippen LogP contribution is -2.24. The van der Waals surface area contributed by atoms with E-state index in [1.165, 1.54) is 11.8 Å². The molecule has 0 unspecified atom stereocenters. The molecule has 0 saturated heterocycles. The molecule has 0 aliphatic heterocycles. The smallest absolute Gasteiger partial charge is 0.254 e. The van der Waals surface area contributed by atoms with Gasteiger partial charge in [0.1, 0.15) is 5.03 Å². The van der Waals surface area contributed by atoms with Gasteiger partial charge in [0.15, 0.2) is 0 Å². The van der Waals surface area contributed by atoms with Crippen molar-refractivity contribution < 1.29 is 9.59 Å². The topological polar surface area (TPSA) is 85.1 Å². The first-order valence-corrected chi connectivity index (χ1v) is 8.80. The van der Waals surface area contributed by atoms with Crippen LogP contribution in [0.3, 0.4) is 0 Å². The van der Waals surface area contributed by atoms with Crippen LogP contribution in [0.4, 0.5) is 0 Å². The van der Waals surface area contributed by atoms with E-state index in [9.17, 15) is 9.59 Å². The Kier molecular flexibility index (Phi) is 5.66. The number of amides is 2. The van der Waals surface area contributed by atoms with Gasteiger partial charge in [-0.2, -0.15) is 0 Å². The average molecular weight is 363 g/mol. The fourth-order valence-corrected chi connectivity index (χ4v) is 3.26. The minimum Gasteiger partial charge on any atom is -0.366 e. The molecule has 0 bridgehead atoms. The van der Waals surface area contributed by atoms with Crippen molar-refractivity contribution in [1.29, 1.82) is 0 Å². The molecular weight excluding hydrogens is 346 g/mol. The van der Waals surface area contributed by atoms with Gasteiger partial charge in [0.05, 0.1) is 5.56 Å². The molecule has 1 aromatic heterocycles. The zero-order valence-corrected chi connectivity index (χ0v) is 14.7. The van der Waals surface area contributed by atoms with Crippen LogP contribution in [-0.4, -0.2) is 16.8 Å². The van der Waals surface area contributed by atoms with Crippen molar-refractivity contribution in [1.82, 2.24) is 10.3 Å². The maximum atomic E-state index is 12.6. The van der Waals surface area contributed by atoms with E-state index >= 15 is 0 Å². The van der Waals surface area contributed by atoms with E-state index in [-0.39, 0.29) is 5.91 Å². The van der Waals surface area contributed by atoms with Crippen LogP contribution in [0.2, 0.25) is 0 Å². The third kappa shape index (κ3) is 4.49. The molecule has 0 atom stereocenters. The molecule has 3 rings (SSSR count). The Hall–Kier alpha value is -3.12. The predicted molar refractivity (Wildman–Crippen MR) is 101 cm³/mol. The Labute approximate surface area is 155 Å². The summed E-state index contributed by atoms with van der Waals surface area (Å²) >= 11 is 1.44. The van der Waals surface area contributed by atoms with E-state index in [2.05, 4.69) is 10.3 Å². The Morgan fingerprint density at radius 1 is 1.00 bits per heavy atom. The molecule has 26 heavy (non-hydrogen) atoms. The van der Waals surface area contributed by atoms with Gasteiger partial charge >= 0.3 is 0 Å². The minimum atomic E-state index is -0.494. The number of aromatic nitrogens is 1. The molecule has 3 aromatic rings. The highest BCUT2D eigenvalue weighted by atomic mass is 32.2. The average Bonchev–Trinajstić information content (AvgIpc) is 2.67. The number of nitrogens with zero attached hydrogens (tertiary/aromatic N) is 1. The molecule has 0 saturated carbocycles. The molecule has 6 heteroatoms. The van der Waals surface area contributed by atoms with Gasteiger partial charge < -0.3 is 11.1 Å². The lowest BCUT2D eigenvalue weighted by molar-refractivity contribution is 0.0946. The Morgan fingerprint density at radius 2 is 1.81 bits per heavy atom. The van der Waals surface area contributed by atoms with Crippen LogP contribution in [-0.2, 0) is 6.54 Å². The molecule has 0 fully saturated rings. The van der Waals surface area contributed by atoms with Crippen molar-refractivity contribution in [2.75, 3.05) is 0 Å². The Bertz CT molecular complexity index is 929. The number of nitrogens with two attached hydrogens (primary N) is 1. The van der Waals surface area contributed by atoms with Crippen molar-refractivity contribution in [2.24, 2.45) is 5.73 Å². The minimum absolute atomic E-state index is 0.221. The highest BCUT2D eigenvalue weighted by Crippen LogP contribution is 2.28. The number of nitrogens with one attached hydrogen (secondary N) is 1. The van der Waals surface area contributed by atoms with Crippen LogP contribution in [0.1, 0.15) is 26.3 Å². The van der Waals surface area contributed by atoms with Gasteiger partial charge in [-0.15, -0.1) is 0 Å². The van der Waals surface area contributed by atoms with Crippen molar-refractivity contribution >= 4 is 23.6 Å². The number of hydrogen-bond donors (Lipinski definition) is 2. The first kappa shape index (κ1) is 17.7. The van der Waals surface area contributed by atoms with E-state index in [1.807, 2.05) is 36.4 Å². The first-order chi connectivity index (χ1) is 12.6. The summed E-state index contributed by atoms with van der Waals surface area (Å²) in [6.45, 7) is 0.296. The number of benzene rings is 2. The van der Waals surface area contributed by atoms with Gasteiger partial charge in [0, 0.05) is 23.2 Å². The maximum absolute atomic E-state index is 12.6. The number of primary amides is 1. The van der Waals surface area contributed by atoms with E-state index in [0.29, 0.717) is 22.7 Å². The van der Waals surface area contributed by atoms with Gasteiger partial charge in [-0.05, 0) is 42.0 Å². The van der Waals surface area contributed by atoms with E-state index in [0.717, 1.165) is 10.5 Å². The van der Waals surface area contributed by atoms with Gasteiger partial charge in [0.25, 0.3) is 5.91 Å². The number of carbonyl (C=O) groups excluding carboxylic acids is 2. The molecule has 1 heterocycles. The van der Waals surface area contributed by atoms with Crippen LogP contribution in [0.5, 0.6) is 0 Å². The van der Waals surface area contributed by atoms with Gasteiger partial charge in [-0.1, -0.05) is 42.1 Å². The predicted octanol–water partition coefficient (Wildman–Crippen LogP) is 3.26. The van der Waals surface area contributed by atoms with E-state index in [1.54, 1.807) is 36.5 Å². The second-order valence-electron chi connectivity index (χ2n) is 5.52. The second kappa shape index (κ2) is 8.31. The van der Waals surface area contributed by atoms with Crippen LogP contribution in [0.25, 0.3) is 0 Å². The van der Waals surface area contributed by atoms with Crippen molar-refractivity contribution in [2.45, 2.75) is 16.5 Å². The zero-order chi connectivity index (χ0) is 18.4. The van der Waals surface area contributed by atoms with Gasteiger partial charge in [-0.3, -0.25) is 9.59 Å². The Morgan fingerprint density at radius 3 is 2.58 bits per heavy atom. The monoisotopic (exact) mass is 363 g/mol. The molecular formula is C20H17N3O2S. The molecule has 0 aliphatic carbocycles. The lowest BCUT2D eigenvalue weighted by atomic mass is 10.1. The summed E-state index contributed by atoms with van der Waals surface area (Å²) < 4.78 is 0. The van der Waals surface area contributed by atoms with E-state index < -0.39 is 5.91 Å². The SMILES string of the molecule is NC(=O)c1cccc(CNC(=O)c2cccnc2Sc2ccccc2)c1. The maximum Gasteiger partial charge on any atom is 0.254 e. The molecule has 5 nitrogen and oxygen atoms in total. The third-order valence-corrected chi connectivity index (χ3v) is 4.66. The van der Waals surface area contributed by atoms with E-state index in [4.69, 9.17) is 5.73 Å². The second-order valence-corrected chi connectivity index (χ2v) is 6.58. The number of carbonyl (C=O) groups is 2. The summed E-state index contributed by atoms with van der Waals surface area (Å²) in [5.41, 5.74) is 7.01. The molecule has 0 radical (unpaired) electrons. The first-order valence-electron chi connectivity index (χ1n) is 7.98. The summed E-state index contributed by atoms with van der Waals surface area (Å²) in [6.07, 6.45) is 1.67. The standard InChI is InChI=1S/C20H17N3O2S/c21-18(24)15-7-4-6-14(12-15)13-23-19(25)17-10-5-11-22-20(17)26-16-8-2-1-3-9-16/h1-12H,13H2,(H2,21,24)(H,23,25). The summed E-state index contributed by atoms with van der Waals surface area (Å²) in [7, 11) is 0. The quantitative estimate of drug-likeness (QED) is 0.704. The normalized spacial score (nSPS) is 10.3. The third-order valence-electron chi connectivity index (χ3n) is 3.64. The summed E-state index contributed by atoms with van der Waals surface area (Å²) in [4.78, 5) is 29.2. The van der Waals surface area contributed by atoms with Crippen molar-refractivity contribution in [3.8, 4) is 0 Å². The van der Waals surface area contributed by atoms with Crippen LogP contribution < -0.4 is 11.1 Å². The van der Waals surface area contributed by atoms with Crippen LogP contribution in [0.15, 0.2) is 82.8 Å². The number of pyridine rings is 1. The zero-order valence-electron chi connectivity index (χ0n) is 13.9. The highest BCUT2D eigenvalue weighted by Gasteiger charge is 2.13. The van der Waals surface area contributed by atoms with Crippen LogP contribution >= 0.6 is 11.8 Å². The lowest BCUT2D eigenvalue weighted by Gasteiger charge is -2.09. The molecule has 130 valence electrons. The molecule has 0 aliphatic rings. The van der Waals surface area contributed by atoms with Crippen molar-refractivity contribution in [3.05, 3.63) is 89.6 Å². The van der Waals surface area contributed by atoms with Gasteiger partial charge in [-0.25, -0.2) is 4.98 Å². The molecule has 3 N–H and O–H groups in total. The number of hydrogen-bond acceptors (Lipinski definition) is 4. The molecule has 2 aromatic carbocycles. The fraction of sp³-hybridized carbons (Fsp3) is 0.0500. The largest absolute Gasteiger partial charge is 0.366 e. The van der Waals surface area contributed by atoms with Gasteiger partial charge in [0.2, 0.25) is 5.91 Å². The van der Waals surface area contributed by atoms with Crippen molar-refractivity contribution in [3.63, 3.8) is 0 Å². The fourth-order valence-electron chi connectivity index (χ4n) is 2.36. The summed E-state index contributed by atoms with van der Waals surface area (Å²) in [5.74, 6) is -0.715. The Balaban J connectivity index is 1.72. The molecule has 0 spiro atoms. The molecule has 2 amide bonds. The van der Waals surface area contributed by atoms with Crippen LogP contribution in [0, 0.1) is 0 Å².